The highest BCUT2D eigenvalue weighted by Gasteiger charge is 2.06. The van der Waals surface area contributed by atoms with Crippen LogP contribution in [0, 0.1) is 0 Å². The number of aliphatic hydroxyl groups is 1. The Morgan fingerprint density at radius 3 is 2.62 bits per heavy atom. The molecule has 0 fully saturated rings. The standard InChI is InChI=1S/C18H17NO2/c1-2-17(20)13-8-10-14(11-9-13)21-18-7-3-6-16-15(18)5-4-12-19-16/h3-12,17,20H,2H2,1H3/t17-/m0/s1. The molecule has 0 bridgehead atoms. The molecule has 0 radical (unpaired) electrons. The zero-order valence-corrected chi connectivity index (χ0v) is 11.9. The van der Waals surface area contributed by atoms with Crippen molar-refractivity contribution in [3.05, 3.63) is 66.4 Å². The quantitative estimate of drug-likeness (QED) is 0.766. The molecule has 0 amide bonds. The Bertz CT molecular complexity index is 732. The van der Waals surface area contributed by atoms with Crippen molar-refractivity contribution >= 4 is 10.9 Å². The first kappa shape index (κ1) is 13.6. The van der Waals surface area contributed by atoms with E-state index in [0.29, 0.717) is 6.42 Å². The largest absolute Gasteiger partial charge is 0.457 e. The van der Waals surface area contributed by atoms with Crippen molar-refractivity contribution in [3.8, 4) is 11.5 Å². The summed E-state index contributed by atoms with van der Waals surface area (Å²) in [4.78, 5) is 4.32. The molecule has 0 aliphatic rings. The Labute approximate surface area is 123 Å². The van der Waals surface area contributed by atoms with Crippen LogP contribution in [0.5, 0.6) is 11.5 Å². The van der Waals surface area contributed by atoms with Gasteiger partial charge in [0.05, 0.1) is 11.6 Å². The van der Waals surface area contributed by atoms with Crippen LogP contribution in [0.1, 0.15) is 25.0 Å². The maximum atomic E-state index is 9.80. The predicted molar refractivity (Wildman–Crippen MR) is 83.5 cm³/mol. The predicted octanol–water partition coefficient (Wildman–Crippen LogP) is 4.47. The molecule has 1 heterocycles. The number of aliphatic hydroxyl groups excluding tert-OH is 1. The van der Waals surface area contributed by atoms with E-state index >= 15 is 0 Å². The number of benzene rings is 2. The van der Waals surface area contributed by atoms with E-state index in [1.165, 1.54) is 0 Å². The van der Waals surface area contributed by atoms with Crippen molar-refractivity contribution in [1.29, 1.82) is 0 Å². The van der Waals surface area contributed by atoms with Gasteiger partial charge in [-0.05, 0) is 48.4 Å². The minimum atomic E-state index is -0.416. The zero-order chi connectivity index (χ0) is 14.7. The molecule has 1 N–H and O–H groups in total. The van der Waals surface area contributed by atoms with Crippen LogP contribution in [-0.4, -0.2) is 10.1 Å². The van der Waals surface area contributed by atoms with Crippen molar-refractivity contribution in [2.24, 2.45) is 0 Å². The summed E-state index contributed by atoms with van der Waals surface area (Å²) in [5.41, 5.74) is 1.82. The number of fused-ring (bicyclic) bond motifs is 1. The van der Waals surface area contributed by atoms with Gasteiger partial charge in [0.1, 0.15) is 11.5 Å². The van der Waals surface area contributed by atoms with E-state index in [9.17, 15) is 5.11 Å². The second kappa shape index (κ2) is 5.94. The molecule has 21 heavy (non-hydrogen) atoms. The number of pyridine rings is 1. The van der Waals surface area contributed by atoms with E-state index < -0.39 is 6.10 Å². The van der Waals surface area contributed by atoms with Crippen LogP contribution in [0.25, 0.3) is 10.9 Å². The summed E-state index contributed by atoms with van der Waals surface area (Å²) in [6.07, 6.45) is 2.06. The van der Waals surface area contributed by atoms with Gasteiger partial charge in [0.15, 0.2) is 0 Å². The minimum absolute atomic E-state index is 0.416. The van der Waals surface area contributed by atoms with Crippen LogP contribution < -0.4 is 4.74 Å². The van der Waals surface area contributed by atoms with E-state index in [1.54, 1.807) is 6.20 Å². The first-order valence-corrected chi connectivity index (χ1v) is 7.07. The van der Waals surface area contributed by atoms with Crippen LogP contribution in [-0.2, 0) is 0 Å². The molecule has 0 saturated carbocycles. The molecule has 0 unspecified atom stereocenters. The lowest BCUT2D eigenvalue weighted by Crippen LogP contribution is -1.94. The van der Waals surface area contributed by atoms with Crippen molar-refractivity contribution in [1.82, 2.24) is 4.98 Å². The number of hydrogen-bond donors (Lipinski definition) is 1. The number of aromatic nitrogens is 1. The fourth-order valence-corrected chi connectivity index (χ4v) is 2.28. The lowest BCUT2D eigenvalue weighted by molar-refractivity contribution is 0.173. The van der Waals surface area contributed by atoms with Crippen LogP contribution in [0.4, 0.5) is 0 Å². The zero-order valence-electron chi connectivity index (χ0n) is 11.9. The van der Waals surface area contributed by atoms with Crippen LogP contribution in [0.2, 0.25) is 0 Å². The van der Waals surface area contributed by atoms with Gasteiger partial charge in [0, 0.05) is 11.6 Å². The first-order chi connectivity index (χ1) is 10.3. The monoisotopic (exact) mass is 279 g/mol. The molecule has 3 nitrogen and oxygen atoms in total. The summed E-state index contributed by atoms with van der Waals surface area (Å²) in [5, 5.41) is 10.8. The highest BCUT2D eigenvalue weighted by molar-refractivity contribution is 5.85. The van der Waals surface area contributed by atoms with Gasteiger partial charge in [-0.2, -0.15) is 0 Å². The van der Waals surface area contributed by atoms with Gasteiger partial charge in [0.2, 0.25) is 0 Å². The van der Waals surface area contributed by atoms with Crippen LogP contribution >= 0.6 is 0 Å². The summed E-state index contributed by atoms with van der Waals surface area (Å²) < 4.78 is 5.94. The third-order valence-electron chi connectivity index (χ3n) is 3.49. The molecule has 1 atom stereocenters. The summed E-state index contributed by atoms with van der Waals surface area (Å²) >= 11 is 0. The Morgan fingerprint density at radius 2 is 1.86 bits per heavy atom. The summed E-state index contributed by atoms with van der Waals surface area (Å²) in [6, 6.07) is 17.3. The summed E-state index contributed by atoms with van der Waals surface area (Å²) in [6.45, 7) is 1.96. The number of rotatable bonds is 4. The van der Waals surface area contributed by atoms with Crippen molar-refractivity contribution < 1.29 is 9.84 Å². The number of hydrogen-bond acceptors (Lipinski definition) is 3. The van der Waals surface area contributed by atoms with Gasteiger partial charge < -0.3 is 9.84 Å². The number of ether oxygens (including phenoxy) is 1. The minimum Gasteiger partial charge on any atom is -0.457 e. The van der Waals surface area contributed by atoms with Gasteiger partial charge in [-0.25, -0.2) is 0 Å². The first-order valence-electron chi connectivity index (χ1n) is 7.07. The Kier molecular flexibility index (Phi) is 3.84. The average molecular weight is 279 g/mol. The lowest BCUT2D eigenvalue weighted by Gasteiger charge is -2.11. The van der Waals surface area contributed by atoms with Gasteiger partial charge in [-0.1, -0.05) is 25.1 Å². The highest BCUT2D eigenvalue weighted by atomic mass is 16.5. The smallest absolute Gasteiger partial charge is 0.136 e. The van der Waals surface area contributed by atoms with Gasteiger partial charge in [0.25, 0.3) is 0 Å². The maximum Gasteiger partial charge on any atom is 0.136 e. The second-order valence-corrected chi connectivity index (χ2v) is 4.92. The molecule has 1 aromatic heterocycles. The van der Waals surface area contributed by atoms with Crippen LogP contribution in [0.3, 0.4) is 0 Å². The molecule has 106 valence electrons. The normalized spacial score (nSPS) is 12.3. The summed E-state index contributed by atoms with van der Waals surface area (Å²) in [7, 11) is 0. The Hall–Kier alpha value is -2.39. The molecular weight excluding hydrogens is 262 g/mol. The molecule has 0 spiro atoms. The van der Waals surface area contributed by atoms with Crippen molar-refractivity contribution in [3.63, 3.8) is 0 Å². The van der Waals surface area contributed by atoms with Crippen molar-refractivity contribution in [2.75, 3.05) is 0 Å². The molecular formula is C18H17NO2. The average Bonchev–Trinajstić information content (AvgIpc) is 2.55. The second-order valence-electron chi connectivity index (χ2n) is 4.92. The maximum absolute atomic E-state index is 9.80. The van der Waals surface area contributed by atoms with E-state index in [-0.39, 0.29) is 0 Å². The van der Waals surface area contributed by atoms with Gasteiger partial charge in [-0.3, -0.25) is 4.98 Å². The topological polar surface area (TPSA) is 42.4 Å². The van der Waals surface area contributed by atoms with Crippen LogP contribution in [0.15, 0.2) is 60.8 Å². The third kappa shape index (κ3) is 2.88. The molecule has 0 saturated heterocycles. The van der Waals surface area contributed by atoms with Crippen molar-refractivity contribution in [2.45, 2.75) is 19.4 Å². The van der Waals surface area contributed by atoms with E-state index in [0.717, 1.165) is 28.0 Å². The number of nitrogens with zero attached hydrogens (tertiary/aromatic N) is 1. The third-order valence-corrected chi connectivity index (χ3v) is 3.49. The summed E-state index contributed by atoms with van der Waals surface area (Å²) in [5.74, 6) is 1.53. The van der Waals surface area contributed by atoms with Gasteiger partial charge in [-0.15, -0.1) is 0 Å². The Morgan fingerprint density at radius 1 is 1.05 bits per heavy atom. The lowest BCUT2D eigenvalue weighted by atomic mass is 10.1. The van der Waals surface area contributed by atoms with E-state index in [2.05, 4.69) is 4.98 Å². The molecule has 3 heteroatoms. The molecule has 0 aliphatic carbocycles. The Balaban J connectivity index is 1.88. The molecule has 3 aromatic rings. The SMILES string of the molecule is CC[C@H](O)c1ccc(Oc2cccc3ncccc23)cc1. The molecule has 2 aromatic carbocycles. The van der Waals surface area contributed by atoms with E-state index in [1.807, 2.05) is 61.5 Å². The molecule has 3 rings (SSSR count). The fraction of sp³-hybridized carbons (Fsp3) is 0.167. The fourth-order valence-electron chi connectivity index (χ4n) is 2.28. The highest BCUT2D eigenvalue weighted by Crippen LogP contribution is 2.29. The molecule has 0 aliphatic heterocycles. The van der Waals surface area contributed by atoms with E-state index in [4.69, 9.17) is 4.74 Å². The van der Waals surface area contributed by atoms with Gasteiger partial charge >= 0.3 is 0 Å².